The number of non-ortho nitro benzene ring substituents is 1. The standard InChI is InChI=1S/C19H24N4O4/c1-4-20-19(21-13-14-7-6-8-16(11-14)23(24)25)22-15-9-10-17(27-5-2)18(12-15)26-3/h6-12H,4-5,13H2,1-3H3,(H2,20,21,22). The summed E-state index contributed by atoms with van der Waals surface area (Å²) in [7, 11) is 1.59. The molecule has 8 nitrogen and oxygen atoms in total. The minimum Gasteiger partial charge on any atom is -0.493 e. The molecular weight excluding hydrogens is 348 g/mol. The lowest BCUT2D eigenvalue weighted by Gasteiger charge is -2.14. The van der Waals surface area contributed by atoms with Gasteiger partial charge in [0.25, 0.3) is 5.69 Å². The van der Waals surface area contributed by atoms with Crippen LogP contribution in [-0.2, 0) is 6.54 Å². The van der Waals surface area contributed by atoms with E-state index in [1.165, 1.54) is 12.1 Å². The summed E-state index contributed by atoms with van der Waals surface area (Å²) in [5.41, 5.74) is 1.59. The van der Waals surface area contributed by atoms with Gasteiger partial charge in [-0.3, -0.25) is 10.1 Å². The van der Waals surface area contributed by atoms with Crippen LogP contribution in [0.15, 0.2) is 47.5 Å². The second-order valence-corrected chi connectivity index (χ2v) is 5.55. The van der Waals surface area contributed by atoms with Gasteiger partial charge in [-0.2, -0.15) is 0 Å². The minimum atomic E-state index is -0.414. The zero-order valence-corrected chi connectivity index (χ0v) is 15.7. The Morgan fingerprint density at radius 1 is 1.19 bits per heavy atom. The van der Waals surface area contributed by atoms with Crippen LogP contribution in [0.5, 0.6) is 11.5 Å². The van der Waals surface area contributed by atoms with E-state index in [1.807, 2.05) is 32.0 Å². The van der Waals surface area contributed by atoms with E-state index >= 15 is 0 Å². The maximum absolute atomic E-state index is 10.9. The molecule has 0 bridgehead atoms. The van der Waals surface area contributed by atoms with Crippen LogP contribution in [0.4, 0.5) is 11.4 Å². The molecule has 2 N–H and O–H groups in total. The largest absolute Gasteiger partial charge is 0.493 e. The molecular formula is C19H24N4O4. The van der Waals surface area contributed by atoms with Crippen molar-refractivity contribution < 1.29 is 14.4 Å². The van der Waals surface area contributed by atoms with Crippen LogP contribution in [-0.4, -0.2) is 31.1 Å². The maximum atomic E-state index is 10.9. The second-order valence-electron chi connectivity index (χ2n) is 5.55. The highest BCUT2D eigenvalue weighted by molar-refractivity contribution is 5.93. The van der Waals surface area contributed by atoms with E-state index in [2.05, 4.69) is 15.6 Å². The van der Waals surface area contributed by atoms with Crippen LogP contribution in [0, 0.1) is 10.1 Å². The Bertz CT molecular complexity index is 808. The summed E-state index contributed by atoms with van der Waals surface area (Å²) in [6, 6.07) is 12.0. The van der Waals surface area contributed by atoms with E-state index in [9.17, 15) is 10.1 Å². The molecule has 0 fully saturated rings. The molecule has 2 aromatic rings. The number of aliphatic imine (C=N–C) groups is 1. The molecule has 27 heavy (non-hydrogen) atoms. The summed E-state index contributed by atoms with van der Waals surface area (Å²) in [5.74, 6) is 1.86. The molecule has 0 unspecified atom stereocenters. The molecule has 0 spiro atoms. The number of methoxy groups -OCH3 is 1. The summed E-state index contributed by atoms with van der Waals surface area (Å²) < 4.78 is 10.9. The van der Waals surface area contributed by atoms with Gasteiger partial charge in [-0.05, 0) is 31.5 Å². The maximum Gasteiger partial charge on any atom is 0.269 e. The Morgan fingerprint density at radius 3 is 2.67 bits per heavy atom. The molecule has 0 saturated carbocycles. The highest BCUT2D eigenvalue weighted by atomic mass is 16.6. The fraction of sp³-hybridized carbons (Fsp3) is 0.316. The SMILES string of the molecule is CCNC(=NCc1cccc([N+](=O)[O-])c1)Nc1ccc(OCC)c(OC)c1. The summed E-state index contributed by atoms with van der Waals surface area (Å²) >= 11 is 0. The van der Waals surface area contributed by atoms with Crippen molar-refractivity contribution in [1.29, 1.82) is 0 Å². The number of guanidine groups is 1. The van der Waals surface area contributed by atoms with Gasteiger partial charge < -0.3 is 20.1 Å². The van der Waals surface area contributed by atoms with E-state index < -0.39 is 4.92 Å². The highest BCUT2D eigenvalue weighted by Crippen LogP contribution is 2.30. The van der Waals surface area contributed by atoms with Gasteiger partial charge in [0.1, 0.15) is 0 Å². The average molecular weight is 372 g/mol. The number of hydrogen-bond donors (Lipinski definition) is 2. The van der Waals surface area contributed by atoms with Crippen LogP contribution in [0.3, 0.4) is 0 Å². The van der Waals surface area contributed by atoms with Crippen LogP contribution >= 0.6 is 0 Å². The molecule has 0 aliphatic rings. The zero-order valence-electron chi connectivity index (χ0n) is 15.7. The number of nitro benzene ring substituents is 1. The predicted octanol–water partition coefficient (Wildman–Crippen LogP) is 3.58. The molecule has 0 atom stereocenters. The molecule has 0 aromatic heterocycles. The molecule has 0 aliphatic carbocycles. The van der Waals surface area contributed by atoms with E-state index in [1.54, 1.807) is 19.2 Å². The first kappa shape index (κ1) is 20.0. The Balaban J connectivity index is 2.16. The summed E-state index contributed by atoms with van der Waals surface area (Å²) in [4.78, 5) is 15.0. The van der Waals surface area contributed by atoms with Gasteiger partial charge in [0.05, 0.1) is 25.2 Å². The summed E-state index contributed by atoms with van der Waals surface area (Å²) in [6.45, 7) is 5.41. The molecule has 0 saturated heterocycles. The molecule has 0 radical (unpaired) electrons. The molecule has 2 aromatic carbocycles. The smallest absolute Gasteiger partial charge is 0.269 e. The summed E-state index contributed by atoms with van der Waals surface area (Å²) in [5, 5.41) is 17.2. The monoisotopic (exact) mass is 372 g/mol. The lowest BCUT2D eigenvalue weighted by atomic mass is 10.2. The normalized spacial score (nSPS) is 11.0. The van der Waals surface area contributed by atoms with Crippen molar-refractivity contribution in [2.75, 3.05) is 25.6 Å². The summed E-state index contributed by atoms with van der Waals surface area (Å²) in [6.07, 6.45) is 0. The van der Waals surface area contributed by atoms with Gasteiger partial charge in [0, 0.05) is 30.4 Å². The number of ether oxygens (including phenoxy) is 2. The fourth-order valence-electron chi connectivity index (χ4n) is 2.40. The van der Waals surface area contributed by atoms with Gasteiger partial charge in [-0.15, -0.1) is 0 Å². The zero-order chi connectivity index (χ0) is 19.6. The van der Waals surface area contributed by atoms with Crippen LogP contribution < -0.4 is 20.1 Å². The van der Waals surface area contributed by atoms with E-state index in [4.69, 9.17) is 9.47 Å². The third kappa shape index (κ3) is 5.88. The predicted molar refractivity (Wildman–Crippen MR) is 106 cm³/mol. The number of rotatable bonds is 8. The van der Waals surface area contributed by atoms with Crippen molar-refractivity contribution in [1.82, 2.24) is 5.32 Å². The third-order valence-electron chi connectivity index (χ3n) is 3.61. The lowest BCUT2D eigenvalue weighted by molar-refractivity contribution is -0.384. The molecule has 2 rings (SSSR count). The number of benzene rings is 2. The average Bonchev–Trinajstić information content (AvgIpc) is 2.67. The van der Waals surface area contributed by atoms with E-state index in [0.717, 1.165) is 11.3 Å². The number of anilines is 1. The van der Waals surface area contributed by atoms with E-state index in [0.29, 0.717) is 37.2 Å². The highest BCUT2D eigenvalue weighted by Gasteiger charge is 2.08. The van der Waals surface area contributed by atoms with Gasteiger partial charge >= 0.3 is 0 Å². The first-order valence-electron chi connectivity index (χ1n) is 8.66. The van der Waals surface area contributed by atoms with Crippen molar-refractivity contribution in [3.05, 3.63) is 58.1 Å². The first-order chi connectivity index (χ1) is 13.1. The molecule has 0 amide bonds. The number of nitrogens with zero attached hydrogens (tertiary/aromatic N) is 2. The number of hydrogen-bond acceptors (Lipinski definition) is 5. The van der Waals surface area contributed by atoms with Crippen LogP contribution in [0.25, 0.3) is 0 Å². The molecule has 8 heteroatoms. The number of nitro groups is 1. The Kier molecular flexibility index (Phi) is 7.42. The third-order valence-corrected chi connectivity index (χ3v) is 3.61. The molecule has 0 aliphatic heterocycles. The first-order valence-corrected chi connectivity index (χ1v) is 8.66. The van der Waals surface area contributed by atoms with Crippen molar-refractivity contribution in [2.45, 2.75) is 20.4 Å². The van der Waals surface area contributed by atoms with Gasteiger partial charge in [-0.1, -0.05) is 12.1 Å². The van der Waals surface area contributed by atoms with Gasteiger partial charge in [0.2, 0.25) is 0 Å². The second kappa shape index (κ2) is 10.0. The van der Waals surface area contributed by atoms with Crippen molar-refractivity contribution >= 4 is 17.3 Å². The lowest BCUT2D eigenvalue weighted by Crippen LogP contribution is -2.30. The van der Waals surface area contributed by atoms with E-state index in [-0.39, 0.29) is 5.69 Å². The van der Waals surface area contributed by atoms with Crippen LogP contribution in [0.2, 0.25) is 0 Å². The fourth-order valence-corrected chi connectivity index (χ4v) is 2.40. The number of nitrogens with one attached hydrogen (secondary N) is 2. The van der Waals surface area contributed by atoms with Crippen molar-refractivity contribution in [2.24, 2.45) is 4.99 Å². The van der Waals surface area contributed by atoms with Gasteiger partial charge in [0.15, 0.2) is 17.5 Å². The van der Waals surface area contributed by atoms with Gasteiger partial charge in [-0.25, -0.2) is 4.99 Å². The van der Waals surface area contributed by atoms with Crippen molar-refractivity contribution in [3.63, 3.8) is 0 Å². The van der Waals surface area contributed by atoms with Crippen LogP contribution in [0.1, 0.15) is 19.4 Å². The Hall–Kier alpha value is -3.29. The molecule has 144 valence electrons. The Morgan fingerprint density at radius 2 is 2.00 bits per heavy atom. The Labute approximate surface area is 158 Å². The minimum absolute atomic E-state index is 0.0527. The quantitative estimate of drug-likeness (QED) is 0.318. The molecule has 0 heterocycles. The topological polar surface area (TPSA) is 98.0 Å². The van der Waals surface area contributed by atoms with Crippen molar-refractivity contribution in [3.8, 4) is 11.5 Å².